The average molecular weight is 863 g/mol. The summed E-state index contributed by atoms with van der Waals surface area (Å²) in [5.74, 6) is 0. The molecule has 2 nitrogen and oxygen atoms in total. The van der Waals surface area contributed by atoms with Gasteiger partial charge in [-0.25, -0.2) is 0 Å². The van der Waals surface area contributed by atoms with Gasteiger partial charge in [0, 0.05) is 22.7 Å². The minimum atomic E-state index is -0.627. The molecule has 0 spiro atoms. The molecule has 0 fully saturated rings. The van der Waals surface area contributed by atoms with Crippen LogP contribution in [0.25, 0.3) is 11.1 Å². The largest absolute Gasteiger partial charge is 0.310 e. The minimum absolute atomic E-state index is 0.627. The molecular formula is C64H66N2. The van der Waals surface area contributed by atoms with Crippen LogP contribution in [0.4, 0.5) is 34.1 Å². The Labute approximate surface area is 395 Å². The van der Waals surface area contributed by atoms with Crippen molar-refractivity contribution in [3.63, 3.8) is 0 Å². The van der Waals surface area contributed by atoms with Gasteiger partial charge in [-0.1, -0.05) is 163 Å². The lowest BCUT2D eigenvalue weighted by atomic mass is 9.67. The van der Waals surface area contributed by atoms with E-state index in [9.17, 15) is 0 Å². The molecule has 1 aliphatic rings. The number of hydrogen-bond donors (Lipinski definition) is 0. The number of unbranched alkanes of at least 4 members (excludes halogenated alkanes) is 3. The smallest absolute Gasteiger partial charge is 0.0715 e. The number of anilines is 6. The van der Waals surface area contributed by atoms with Gasteiger partial charge in [0.05, 0.1) is 16.8 Å². The summed E-state index contributed by atoms with van der Waals surface area (Å²) >= 11 is 0. The van der Waals surface area contributed by atoms with Crippen molar-refractivity contribution in [1.29, 1.82) is 0 Å². The number of rotatable bonds is 13. The molecule has 0 aromatic heterocycles. The van der Waals surface area contributed by atoms with Crippen molar-refractivity contribution in [2.75, 3.05) is 9.80 Å². The van der Waals surface area contributed by atoms with Gasteiger partial charge in [0.1, 0.15) is 0 Å². The van der Waals surface area contributed by atoms with Gasteiger partial charge in [-0.15, -0.1) is 0 Å². The quantitative estimate of drug-likeness (QED) is 0.107. The number of fused-ring (bicyclic) bond motifs is 3. The zero-order valence-electron chi connectivity index (χ0n) is 40.9. The molecule has 2 heteroatoms. The van der Waals surface area contributed by atoms with Crippen LogP contribution in [-0.4, -0.2) is 0 Å². The van der Waals surface area contributed by atoms with E-state index in [0.29, 0.717) is 0 Å². The second-order valence-corrected chi connectivity index (χ2v) is 19.4. The fourth-order valence-corrected chi connectivity index (χ4v) is 11.1. The Kier molecular flexibility index (Phi) is 12.4. The van der Waals surface area contributed by atoms with E-state index in [-0.39, 0.29) is 0 Å². The van der Waals surface area contributed by atoms with Crippen LogP contribution >= 0.6 is 0 Å². The zero-order chi connectivity index (χ0) is 46.3. The first kappa shape index (κ1) is 44.6. The van der Waals surface area contributed by atoms with E-state index < -0.39 is 5.41 Å². The van der Waals surface area contributed by atoms with Crippen molar-refractivity contribution >= 4 is 34.1 Å². The van der Waals surface area contributed by atoms with E-state index in [0.717, 1.165) is 29.2 Å². The van der Waals surface area contributed by atoms with Crippen molar-refractivity contribution in [2.24, 2.45) is 0 Å². The van der Waals surface area contributed by atoms with Gasteiger partial charge in [0.15, 0.2) is 0 Å². The van der Waals surface area contributed by atoms with Crippen LogP contribution in [0.5, 0.6) is 0 Å². The molecule has 0 saturated carbocycles. The predicted molar refractivity (Wildman–Crippen MR) is 284 cm³/mol. The Morgan fingerprint density at radius 2 is 0.712 bits per heavy atom. The number of aryl methyl sites for hydroxylation is 10. The topological polar surface area (TPSA) is 6.48 Å². The standard InChI is InChI=1S/C64H66N2/c1-11-12-13-14-15-51-22-26-53(27-23-51)64(52-24-16-42(2)17-25-52)60-40-56(65(54-28-18-43(3)19-29-54)62-47(7)36-45(5)37-48(62)8)32-34-58(60)59-35-33-57(41-61(59)64)66(55-30-20-44(4)21-31-55)63-49(9)38-46(6)39-50(63)10/h16-41H,11-15H2,1-10H3. The lowest BCUT2D eigenvalue weighted by molar-refractivity contribution is 0.666. The first-order valence-electron chi connectivity index (χ1n) is 24.2. The number of benzene rings is 8. The van der Waals surface area contributed by atoms with E-state index in [1.165, 1.54) is 126 Å². The Bertz CT molecular complexity index is 2820. The Morgan fingerprint density at radius 1 is 0.348 bits per heavy atom. The van der Waals surface area contributed by atoms with Crippen LogP contribution in [0.1, 0.15) is 110 Å². The van der Waals surface area contributed by atoms with Crippen molar-refractivity contribution in [1.82, 2.24) is 0 Å². The van der Waals surface area contributed by atoms with E-state index in [4.69, 9.17) is 0 Å². The van der Waals surface area contributed by atoms with Gasteiger partial charge in [-0.3, -0.25) is 0 Å². The molecule has 0 amide bonds. The fraction of sp³-hybridized carbons (Fsp3) is 0.250. The molecular weight excluding hydrogens is 797 g/mol. The van der Waals surface area contributed by atoms with Crippen molar-refractivity contribution in [3.8, 4) is 11.1 Å². The molecule has 0 bridgehead atoms. The van der Waals surface area contributed by atoms with E-state index in [1.807, 2.05) is 0 Å². The minimum Gasteiger partial charge on any atom is -0.310 e. The van der Waals surface area contributed by atoms with Gasteiger partial charge in [0.2, 0.25) is 0 Å². The van der Waals surface area contributed by atoms with Crippen molar-refractivity contribution < 1.29 is 0 Å². The highest BCUT2D eigenvalue weighted by Crippen LogP contribution is 2.59. The van der Waals surface area contributed by atoms with Crippen LogP contribution in [-0.2, 0) is 11.8 Å². The second-order valence-electron chi connectivity index (χ2n) is 19.4. The van der Waals surface area contributed by atoms with Gasteiger partial charge in [0.25, 0.3) is 0 Å². The molecule has 1 aliphatic carbocycles. The molecule has 0 aliphatic heterocycles. The molecule has 8 aromatic carbocycles. The third kappa shape index (κ3) is 8.17. The first-order chi connectivity index (χ1) is 31.9. The van der Waals surface area contributed by atoms with E-state index in [2.05, 4.69) is 237 Å². The fourth-order valence-electron chi connectivity index (χ4n) is 11.1. The molecule has 0 heterocycles. The number of hydrogen-bond acceptors (Lipinski definition) is 2. The maximum Gasteiger partial charge on any atom is 0.0715 e. The summed E-state index contributed by atoms with van der Waals surface area (Å²) < 4.78 is 0. The molecule has 332 valence electrons. The summed E-state index contributed by atoms with van der Waals surface area (Å²) in [4.78, 5) is 5.00. The molecule has 0 unspecified atom stereocenters. The molecule has 66 heavy (non-hydrogen) atoms. The maximum absolute atomic E-state index is 2.53. The molecule has 9 rings (SSSR count). The summed E-state index contributed by atoms with van der Waals surface area (Å²) in [7, 11) is 0. The third-order valence-electron chi connectivity index (χ3n) is 14.1. The van der Waals surface area contributed by atoms with Crippen LogP contribution in [0.3, 0.4) is 0 Å². The highest BCUT2D eigenvalue weighted by atomic mass is 15.2. The average Bonchev–Trinajstić information content (AvgIpc) is 3.58. The van der Waals surface area contributed by atoms with Gasteiger partial charge < -0.3 is 9.80 Å². The maximum atomic E-state index is 2.53. The summed E-state index contributed by atoms with van der Waals surface area (Å²) in [5.41, 5.74) is 26.9. The van der Waals surface area contributed by atoms with Crippen LogP contribution in [0, 0.1) is 62.3 Å². The van der Waals surface area contributed by atoms with Crippen LogP contribution < -0.4 is 9.80 Å². The summed E-state index contributed by atoms with van der Waals surface area (Å²) in [5, 5.41) is 0. The zero-order valence-corrected chi connectivity index (χ0v) is 40.9. The first-order valence-corrected chi connectivity index (χ1v) is 24.2. The van der Waals surface area contributed by atoms with Crippen LogP contribution in [0.2, 0.25) is 0 Å². The van der Waals surface area contributed by atoms with Crippen molar-refractivity contribution in [3.05, 3.63) is 236 Å². The second kappa shape index (κ2) is 18.3. The van der Waals surface area contributed by atoms with E-state index in [1.54, 1.807) is 0 Å². The Balaban J connectivity index is 1.34. The summed E-state index contributed by atoms with van der Waals surface area (Å²) in [6.45, 7) is 22.3. The normalized spacial score (nSPS) is 12.5. The molecule has 0 saturated heterocycles. The monoisotopic (exact) mass is 863 g/mol. The molecule has 0 N–H and O–H groups in total. The third-order valence-corrected chi connectivity index (χ3v) is 14.1. The van der Waals surface area contributed by atoms with Crippen LogP contribution in [0.15, 0.2) is 158 Å². The molecule has 0 atom stereocenters. The highest BCUT2D eigenvalue weighted by Gasteiger charge is 2.47. The predicted octanol–water partition coefficient (Wildman–Crippen LogP) is 17.9. The summed E-state index contributed by atoms with van der Waals surface area (Å²) in [6.07, 6.45) is 6.12. The number of nitrogens with zero attached hydrogens (tertiary/aromatic N) is 2. The lowest BCUT2D eigenvalue weighted by Gasteiger charge is -2.36. The van der Waals surface area contributed by atoms with Gasteiger partial charge in [-0.05, 0) is 185 Å². The highest BCUT2D eigenvalue weighted by molar-refractivity contribution is 5.93. The lowest BCUT2D eigenvalue weighted by Crippen LogP contribution is -2.29. The Hall–Kier alpha value is -6.64. The molecule has 8 aromatic rings. The summed E-state index contributed by atoms with van der Waals surface area (Å²) in [6, 6.07) is 61.1. The Morgan fingerprint density at radius 3 is 1.11 bits per heavy atom. The SMILES string of the molecule is CCCCCCc1ccc(C2(c3ccc(C)cc3)c3cc(N(c4ccc(C)cc4)c4c(C)cc(C)cc4C)ccc3-c3ccc(N(c4ccc(C)cc4)c4c(C)cc(C)cc4C)cc32)cc1. The molecule has 0 radical (unpaired) electrons. The van der Waals surface area contributed by atoms with E-state index >= 15 is 0 Å². The van der Waals surface area contributed by atoms with Gasteiger partial charge >= 0.3 is 0 Å². The van der Waals surface area contributed by atoms with Crippen molar-refractivity contribution in [2.45, 2.75) is 107 Å². The van der Waals surface area contributed by atoms with Gasteiger partial charge in [-0.2, -0.15) is 0 Å².